The van der Waals surface area contributed by atoms with Crippen LogP contribution in [0.1, 0.15) is 32.6 Å². The fourth-order valence-electron chi connectivity index (χ4n) is 3.40. The van der Waals surface area contributed by atoms with Gasteiger partial charge in [-0.3, -0.25) is 4.90 Å². The zero-order chi connectivity index (χ0) is 12.1. The van der Waals surface area contributed by atoms with Gasteiger partial charge in [0.1, 0.15) is 0 Å². The first-order chi connectivity index (χ1) is 8.33. The van der Waals surface area contributed by atoms with Gasteiger partial charge >= 0.3 is 0 Å². The maximum atomic E-state index is 3.56. The number of nitrogens with zero attached hydrogens (tertiary/aromatic N) is 2. The highest BCUT2D eigenvalue weighted by molar-refractivity contribution is 4.84. The van der Waals surface area contributed by atoms with Crippen molar-refractivity contribution in [1.82, 2.24) is 15.1 Å². The summed E-state index contributed by atoms with van der Waals surface area (Å²) in [6.45, 7) is 9.79. The average molecular weight is 239 g/mol. The molecule has 0 amide bonds. The smallest absolute Gasteiger partial charge is 0.0220 e. The Morgan fingerprint density at radius 2 is 1.65 bits per heavy atom. The molecule has 1 aliphatic carbocycles. The Balaban J connectivity index is 1.75. The fourth-order valence-corrected chi connectivity index (χ4v) is 3.40. The predicted octanol–water partition coefficient (Wildman–Crippen LogP) is 1.40. The van der Waals surface area contributed by atoms with Crippen molar-refractivity contribution < 1.29 is 0 Å². The van der Waals surface area contributed by atoms with Crippen LogP contribution >= 0.6 is 0 Å². The maximum Gasteiger partial charge on any atom is 0.0220 e. The molecule has 1 aliphatic heterocycles. The Labute approximate surface area is 107 Å². The van der Waals surface area contributed by atoms with E-state index in [1.165, 1.54) is 65.0 Å². The minimum atomic E-state index is 0.727. The number of rotatable bonds is 5. The van der Waals surface area contributed by atoms with Crippen LogP contribution in [-0.2, 0) is 0 Å². The quantitative estimate of drug-likeness (QED) is 0.782. The minimum absolute atomic E-state index is 0.727. The van der Waals surface area contributed by atoms with Crippen LogP contribution in [0.15, 0.2) is 0 Å². The van der Waals surface area contributed by atoms with Gasteiger partial charge in [-0.05, 0) is 32.4 Å². The number of piperazine rings is 1. The van der Waals surface area contributed by atoms with Crippen molar-refractivity contribution in [3.8, 4) is 0 Å². The van der Waals surface area contributed by atoms with Crippen molar-refractivity contribution in [3.05, 3.63) is 0 Å². The van der Waals surface area contributed by atoms with E-state index in [1.807, 2.05) is 0 Å². The van der Waals surface area contributed by atoms with Gasteiger partial charge in [-0.15, -0.1) is 0 Å². The summed E-state index contributed by atoms with van der Waals surface area (Å²) in [6.07, 6.45) is 5.79. The van der Waals surface area contributed by atoms with Gasteiger partial charge in [-0.1, -0.05) is 19.8 Å². The van der Waals surface area contributed by atoms with Crippen LogP contribution in [0.3, 0.4) is 0 Å². The topological polar surface area (TPSA) is 18.5 Å². The van der Waals surface area contributed by atoms with Crippen LogP contribution in [0, 0.1) is 5.92 Å². The van der Waals surface area contributed by atoms with Crippen molar-refractivity contribution in [1.29, 1.82) is 0 Å². The van der Waals surface area contributed by atoms with Gasteiger partial charge in [-0.2, -0.15) is 0 Å². The molecule has 0 aromatic rings. The van der Waals surface area contributed by atoms with Crippen LogP contribution in [0.25, 0.3) is 0 Å². The number of hydrogen-bond donors (Lipinski definition) is 1. The predicted molar refractivity (Wildman–Crippen MR) is 73.4 cm³/mol. The largest absolute Gasteiger partial charge is 0.315 e. The molecule has 1 N–H and O–H groups in total. The van der Waals surface area contributed by atoms with E-state index in [-0.39, 0.29) is 0 Å². The monoisotopic (exact) mass is 239 g/mol. The van der Waals surface area contributed by atoms with E-state index < -0.39 is 0 Å². The molecular formula is C14H29N3. The molecule has 0 spiro atoms. The molecule has 0 radical (unpaired) electrons. The minimum Gasteiger partial charge on any atom is -0.315 e. The Morgan fingerprint density at radius 3 is 2.18 bits per heavy atom. The Hall–Kier alpha value is -0.120. The third kappa shape index (κ3) is 3.67. The zero-order valence-corrected chi connectivity index (χ0v) is 11.6. The molecule has 2 fully saturated rings. The van der Waals surface area contributed by atoms with E-state index in [0.29, 0.717) is 0 Å². The van der Waals surface area contributed by atoms with E-state index in [2.05, 4.69) is 29.1 Å². The Morgan fingerprint density at radius 1 is 1.06 bits per heavy atom. The molecule has 0 bridgehead atoms. The highest BCUT2D eigenvalue weighted by atomic mass is 15.3. The lowest BCUT2D eigenvalue weighted by molar-refractivity contribution is 0.119. The summed E-state index contributed by atoms with van der Waals surface area (Å²) in [5.41, 5.74) is 0. The molecule has 17 heavy (non-hydrogen) atoms. The molecule has 1 heterocycles. The SMILES string of the molecule is CCN1CCN(CC(NC)C2CCCC2)CC1. The normalized spacial score (nSPS) is 26.5. The molecule has 3 heteroatoms. The van der Waals surface area contributed by atoms with Crippen LogP contribution in [-0.4, -0.2) is 62.2 Å². The van der Waals surface area contributed by atoms with Gasteiger partial charge in [0.2, 0.25) is 0 Å². The first-order valence-electron chi connectivity index (χ1n) is 7.45. The van der Waals surface area contributed by atoms with Crippen molar-refractivity contribution in [2.45, 2.75) is 38.6 Å². The fraction of sp³-hybridized carbons (Fsp3) is 1.00. The third-order valence-corrected chi connectivity index (χ3v) is 4.71. The molecule has 1 unspecified atom stereocenters. The molecule has 1 saturated carbocycles. The lowest BCUT2D eigenvalue weighted by atomic mass is 9.97. The molecule has 1 saturated heterocycles. The van der Waals surface area contributed by atoms with Gasteiger partial charge in [0, 0.05) is 38.8 Å². The molecule has 1 atom stereocenters. The van der Waals surface area contributed by atoms with Crippen LogP contribution in [0.4, 0.5) is 0 Å². The van der Waals surface area contributed by atoms with Crippen molar-refractivity contribution in [3.63, 3.8) is 0 Å². The van der Waals surface area contributed by atoms with Gasteiger partial charge in [0.15, 0.2) is 0 Å². The van der Waals surface area contributed by atoms with Crippen molar-refractivity contribution >= 4 is 0 Å². The summed E-state index contributed by atoms with van der Waals surface area (Å²) in [5, 5.41) is 3.56. The summed E-state index contributed by atoms with van der Waals surface area (Å²) in [6, 6.07) is 0.727. The molecule has 0 aromatic carbocycles. The Bertz CT molecular complexity index is 206. The molecule has 100 valence electrons. The number of nitrogens with one attached hydrogen (secondary N) is 1. The third-order valence-electron chi connectivity index (χ3n) is 4.71. The highest BCUT2D eigenvalue weighted by Crippen LogP contribution is 2.28. The summed E-state index contributed by atoms with van der Waals surface area (Å²) >= 11 is 0. The van der Waals surface area contributed by atoms with E-state index >= 15 is 0 Å². The van der Waals surface area contributed by atoms with Gasteiger partial charge < -0.3 is 10.2 Å². The van der Waals surface area contributed by atoms with Crippen molar-refractivity contribution in [2.75, 3.05) is 46.3 Å². The standard InChI is InChI=1S/C14H29N3/c1-3-16-8-10-17(11-9-16)12-14(15-2)13-6-4-5-7-13/h13-15H,3-12H2,1-2H3. The van der Waals surface area contributed by atoms with Crippen LogP contribution in [0.2, 0.25) is 0 Å². The lowest BCUT2D eigenvalue weighted by Crippen LogP contribution is -2.51. The molecule has 3 nitrogen and oxygen atoms in total. The summed E-state index contributed by atoms with van der Waals surface area (Å²) in [7, 11) is 2.14. The molecule has 0 aromatic heterocycles. The summed E-state index contributed by atoms with van der Waals surface area (Å²) < 4.78 is 0. The summed E-state index contributed by atoms with van der Waals surface area (Å²) in [5.74, 6) is 0.934. The second-order valence-corrected chi connectivity index (χ2v) is 5.67. The van der Waals surface area contributed by atoms with Crippen molar-refractivity contribution in [2.24, 2.45) is 5.92 Å². The Kier molecular flexibility index (Phi) is 5.26. The average Bonchev–Trinajstić information content (AvgIpc) is 2.90. The van der Waals surface area contributed by atoms with Crippen LogP contribution < -0.4 is 5.32 Å². The number of likely N-dealkylation sites (N-methyl/N-ethyl adjacent to an activating group) is 2. The second kappa shape index (κ2) is 6.72. The maximum absolute atomic E-state index is 3.56. The van der Waals surface area contributed by atoms with Gasteiger partial charge in [0.25, 0.3) is 0 Å². The zero-order valence-electron chi connectivity index (χ0n) is 11.6. The summed E-state index contributed by atoms with van der Waals surface area (Å²) in [4.78, 5) is 5.21. The first kappa shape index (κ1) is 13.3. The van der Waals surface area contributed by atoms with E-state index in [9.17, 15) is 0 Å². The second-order valence-electron chi connectivity index (χ2n) is 5.67. The van der Waals surface area contributed by atoms with Gasteiger partial charge in [-0.25, -0.2) is 0 Å². The highest BCUT2D eigenvalue weighted by Gasteiger charge is 2.26. The van der Waals surface area contributed by atoms with Gasteiger partial charge in [0.05, 0.1) is 0 Å². The molecule has 2 aliphatic rings. The van der Waals surface area contributed by atoms with E-state index in [0.717, 1.165) is 12.0 Å². The van der Waals surface area contributed by atoms with Crippen LogP contribution in [0.5, 0.6) is 0 Å². The number of hydrogen-bond acceptors (Lipinski definition) is 3. The van der Waals surface area contributed by atoms with E-state index in [4.69, 9.17) is 0 Å². The molecule has 2 rings (SSSR count). The first-order valence-corrected chi connectivity index (χ1v) is 7.45. The van der Waals surface area contributed by atoms with E-state index in [1.54, 1.807) is 0 Å². The molecular weight excluding hydrogens is 210 g/mol. The lowest BCUT2D eigenvalue weighted by Gasteiger charge is -2.37.